The van der Waals surface area contributed by atoms with Crippen LogP contribution in [0.2, 0.25) is 10.0 Å². The summed E-state index contributed by atoms with van der Waals surface area (Å²) < 4.78 is 47.2. The molecule has 0 aliphatic rings. The van der Waals surface area contributed by atoms with Crippen LogP contribution in [0.4, 0.5) is 0 Å². The van der Waals surface area contributed by atoms with Gasteiger partial charge in [-0.15, -0.1) is 0 Å². The minimum atomic E-state index is -3.60. The van der Waals surface area contributed by atoms with E-state index in [1.54, 1.807) is 27.7 Å². The van der Waals surface area contributed by atoms with E-state index in [-0.39, 0.29) is 64.0 Å². The SMILES string of the molecule is CCOP(=O)(OCC)c1ccc(C(=O)c2ccc(P(=O)(OCC)OCC)c(Cl)c2)cc1Cl. The Morgan fingerprint density at radius 3 is 1.25 bits per heavy atom. The molecule has 0 N–H and O–H groups in total. The van der Waals surface area contributed by atoms with Crippen molar-refractivity contribution in [2.24, 2.45) is 0 Å². The Morgan fingerprint density at radius 2 is 1.00 bits per heavy atom. The van der Waals surface area contributed by atoms with Gasteiger partial charge in [0.15, 0.2) is 5.78 Å². The maximum absolute atomic E-state index is 13.0. The van der Waals surface area contributed by atoms with Gasteiger partial charge in [0.25, 0.3) is 0 Å². The van der Waals surface area contributed by atoms with Crippen LogP contribution in [0.5, 0.6) is 0 Å². The van der Waals surface area contributed by atoms with Crippen molar-refractivity contribution < 1.29 is 32.0 Å². The molecule has 176 valence electrons. The summed E-state index contributed by atoms with van der Waals surface area (Å²) in [5.74, 6) is -0.378. The van der Waals surface area contributed by atoms with E-state index in [4.69, 9.17) is 41.3 Å². The predicted molar refractivity (Wildman–Crippen MR) is 127 cm³/mol. The van der Waals surface area contributed by atoms with Crippen molar-refractivity contribution in [3.05, 3.63) is 57.6 Å². The third kappa shape index (κ3) is 6.11. The summed E-state index contributed by atoms with van der Waals surface area (Å²) >= 11 is 12.6. The van der Waals surface area contributed by atoms with Crippen LogP contribution in [0.25, 0.3) is 0 Å². The van der Waals surface area contributed by atoms with Gasteiger partial charge in [-0.2, -0.15) is 0 Å². The fourth-order valence-electron chi connectivity index (χ4n) is 2.94. The lowest BCUT2D eigenvalue weighted by atomic mass is 10.0. The monoisotopic (exact) mass is 522 g/mol. The Labute approximate surface area is 198 Å². The summed E-state index contributed by atoms with van der Waals surface area (Å²) in [6.45, 7) is 7.47. The highest BCUT2D eigenvalue weighted by atomic mass is 35.5. The van der Waals surface area contributed by atoms with Crippen molar-refractivity contribution >= 4 is 54.8 Å². The first-order valence-electron chi connectivity index (χ1n) is 10.1. The zero-order chi connectivity index (χ0) is 23.9. The van der Waals surface area contributed by atoms with Gasteiger partial charge in [-0.3, -0.25) is 13.9 Å². The average Bonchev–Trinajstić information content (AvgIpc) is 2.73. The van der Waals surface area contributed by atoms with E-state index < -0.39 is 15.2 Å². The molecule has 0 saturated carbocycles. The number of carbonyl (C=O) groups excluding carboxylic acids is 1. The van der Waals surface area contributed by atoms with Gasteiger partial charge >= 0.3 is 15.2 Å². The number of benzene rings is 2. The Kier molecular flexibility index (Phi) is 10.1. The van der Waals surface area contributed by atoms with Crippen LogP contribution in [-0.2, 0) is 27.2 Å². The molecule has 0 amide bonds. The molecular formula is C21H26Cl2O7P2. The fraction of sp³-hybridized carbons (Fsp3) is 0.381. The zero-order valence-electron chi connectivity index (χ0n) is 18.3. The van der Waals surface area contributed by atoms with Crippen molar-refractivity contribution in [3.8, 4) is 0 Å². The van der Waals surface area contributed by atoms with Crippen LogP contribution in [0, 0.1) is 0 Å². The van der Waals surface area contributed by atoms with Crippen molar-refractivity contribution in [1.82, 2.24) is 0 Å². The topological polar surface area (TPSA) is 88.1 Å². The zero-order valence-corrected chi connectivity index (χ0v) is 21.6. The van der Waals surface area contributed by atoms with Crippen LogP contribution in [-0.4, -0.2) is 32.2 Å². The molecule has 0 fully saturated rings. The first-order valence-corrected chi connectivity index (χ1v) is 13.9. The van der Waals surface area contributed by atoms with Gasteiger partial charge in [-0.05, 0) is 52.0 Å². The van der Waals surface area contributed by atoms with E-state index in [1.165, 1.54) is 36.4 Å². The number of halogens is 2. The lowest BCUT2D eigenvalue weighted by Crippen LogP contribution is -2.15. The molecule has 0 aliphatic carbocycles. The highest BCUT2D eigenvalue weighted by molar-refractivity contribution is 7.62. The van der Waals surface area contributed by atoms with Crippen LogP contribution < -0.4 is 10.6 Å². The second-order valence-electron chi connectivity index (χ2n) is 6.33. The number of hydrogen-bond donors (Lipinski definition) is 0. The van der Waals surface area contributed by atoms with Crippen LogP contribution in [0.15, 0.2) is 36.4 Å². The number of hydrogen-bond acceptors (Lipinski definition) is 7. The maximum Gasteiger partial charge on any atom is 0.362 e. The smallest absolute Gasteiger partial charge is 0.305 e. The van der Waals surface area contributed by atoms with Gasteiger partial charge in [-0.25, -0.2) is 0 Å². The molecule has 7 nitrogen and oxygen atoms in total. The minimum Gasteiger partial charge on any atom is -0.305 e. The highest BCUT2D eigenvalue weighted by Gasteiger charge is 2.31. The first-order chi connectivity index (χ1) is 15.2. The largest absolute Gasteiger partial charge is 0.362 e. The lowest BCUT2D eigenvalue weighted by Gasteiger charge is -2.19. The molecule has 0 atom stereocenters. The van der Waals surface area contributed by atoms with E-state index in [0.29, 0.717) is 0 Å². The van der Waals surface area contributed by atoms with Gasteiger partial charge < -0.3 is 18.1 Å². The van der Waals surface area contributed by atoms with Gasteiger partial charge in [-0.1, -0.05) is 35.3 Å². The van der Waals surface area contributed by atoms with Crippen LogP contribution in [0.1, 0.15) is 43.6 Å². The third-order valence-corrected chi connectivity index (χ3v) is 9.45. The summed E-state index contributed by atoms with van der Waals surface area (Å²) in [4.78, 5) is 13.0. The lowest BCUT2D eigenvalue weighted by molar-refractivity contribution is 0.103. The summed E-state index contributed by atoms with van der Waals surface area (Å²) in [5, 5.41) is 0.534. The van der Waals surface area contributed by atoms with E-state index in [0.717, 1.165) is 0 Å². The molecule has 32 heavy (non-hydrogen) atoms. The molecule has 0 spiro atoms. The second-order valence-corrected chi connectivity index (χ2v) is 11.1. The number of ketones is 1. The molecule has 2 rings (SSSR count). The van der Waals surface area contributed by atoms with Gasteiger partial charge in [0, 0.05) is 11.1 Å². The molecule has 0 aromatic heterocycles. The minimum absolute atomic E-state index is 0.0843. The van der Waals surface area contributed by atoms with Crippen LogP contribution in [0.3, 0.4) is 0 Å². The summed E-state index contributed by atoms with van der Waals surface area (Å²) in [6, 6.07) is 8.68. The highest BCUT2D eigenvalue weighted by Crippen LogP contribution is 2.49. The summed E-state index contributed by atoms with van der Waals surface area (Å²) in [5.41, 5.74) is 0.500. The summed E-state index contributed by atoms with van der Waals surface area (Å²) in [7, 11) is -7.20. The molecular weight excluding hydrogens is 497 g/mol. The van der Waals surface area contributed by atoms with Crippen molar-refractivity contribution in [2.75, 3.05) is 26.4 Å². The Balaban J connectivity index is 2.40. The van der Waals surface area contributed by atoms with Crippen molar-refractivity contribution in [2.45, 2.75) is 27.7 Å². The van der Waals surface area contributed by atoms with Gasteiger partial charge in [0.2, 0.25) is 0 Å². The Hall–Kier alpha value is -1.01. The molecule has 0 radical (unpaired) electrons. The van der Waals surface area contributed by atoms with Crippen molar-refractivity contribution in [3.63, 3.8) is 0 Å². The molecule has 0 saturated heterocycles. The average molecular weight is 523 g/mol. The standard InChI is InChI=1S/C21H26Cl2O7P2/c1-5-27-31(25,28-6-2)19-11-9-15(13-17(19)22)21(24)16-10-12-20(18(23)14-16)32(26,29-7-3)30-8-4/h9-14H,5-8H2,1-4H3. The summed E-state index contributed by atoms with van der Waals surface area (Å²) in [6.07, 6.45) is 0. The van der Waals surface area contributed by atoms with Crippen molar-refractivity contribution in [1.29, 1.82) is 0 Å². The second kappa shape index (κ2) is 11.9. The molecule has 2 aromatic rings. The molecule has 0 heterocycles. The quantitative estimate of drug-likeness (QED) is 0.249. The number of rotatable bonds is 12. The third-order valence-electron chi connectivity index (χ3n) is 4.21. The molecule has 0 unspecified atom stereocenters. The molecule has 0 bridgehead atoms. The maximum atomic E-state index is 13.0. The van der Waals surface area contributed by atoms with E-state index in [2.05, 4.69) is 0 Å². The van der Waals surface area contributed by atoms with E-state index in [1.807, 2.05) is 0 Å². The number of carbonyl (C=O) groups is 1. The normalized spacial score (nSPS) is 12.2. The Morgan fingerprint density at radius 1 is 0.688 bits per heavy atom. The van der Waals surface area contributed by atoms with E-state index >= 15 is 0 Å². The molecule has 2 aromatic carbocycles. The molecule has 11 heteroatoms. The van der Waals surface area contributed by atoms with Crippen LogP contribution >= 0.6 is 38.4 Å². The van der Waals surface area contributed by atoms with Gasteiger partial charge in [0.05, 0.1) is 47.1 Å². The van der Waals surface area contributed by atoms with Gasteiger partial charge in [0.1, 0.15) is 0 Å². The Bertz CT molecular complexity index is 957. The fourth-order valence-corrected chi connectivity index (χ4v) is 7.15. The molecule has 0 aliphatic heterocycles. The predicted octanol–water partition coefficient (Wildman–Crippen LogP) is 6.01. The van der Waals surface area contributed by atoms with E-state index in [9.17, 15) is 13.9 Å². The first kappa shape index (κ1) is 27.2.